The molecule has 0 heterocycles. The number of halogens is 2. The summed E-state index contributed by atoms with van der Waals surface area (Å²) in [4.78, 5) is 11.6. The summed E-state index contributed by atoms with van der Waals surface area (Å²) in [6.07, 6.45) is 1.99. The number of phenolic OH excluding ortho intramolecular Hbond substituents is 1. The number of benzene rings is 1. The number of alkyl halides is 1. The van der Waals surface area contributed by atoms with Crippen LogP contribution in [0.15, 0.2) is 18.2 Å². The fourth-order valence-electron chi connectivity index (χ4n) is 1.18. The number of rotatable bonds is 5. The predicted octanol–water partition coefficient (Wildman–Crippen LogP) is 2.90. The molecule has 16 heavy (non-hydrogen) atoms. The normalized spacial score (nSPS) is 10.1. The minimum absolute atomic E-state index is 0.138. The number of unbranched alkanes of at least 4 members (excludes halogenated alkanes) is 1. The zero-order valence-corrected chi connectivity index (χ0v) is 12.4. The van der Waals surface area contributed by atoms with Crippen LogP contribution in [0, 0.1) is 3.57 Å². The maximum Gasteiger partial charge on any atom is 0.251 e. The number of hydrogen-bond donors (Lipinski definition) is 2. The van der Waals surface area contributed by atoms with E-state index in [0.717, 1.165) is 21.7 Å². The number of aromatic hydroxyl groups is 1. The summed E-state index contributed by atoms with van der Waals surface area (Å²) in [7, 11) is 0. The van der Waals surface area contributed by atoms with Gasteiger partial charge >= 0.3 is 0 Å². The van der Waals surface area contributed by atoms with E-state index in [0.29, 0.717) is 12.1 Å². The van der Waals surface area contributed by atoms with Crippen molar-refractivity contribution < 1.29 is 9.90 Å². The minimum Gasteiger partial charge on any atom is -0.507 e. The van der Waals surface area contributed by atoms with Gasteiger partial charge in [0.25, 0.3) is 5.91 Å². The monoisotopic (exact) mass is 397 g/mol. The highest BCUT2D eigenvalue weighted by molar-refractivity contribution is 14.1. The number of hydrogen-bond acceptors (Lipinski definition) is 2. The lowest BCUT2D eigenvalue weighted by molar-refractivity contribution is 0.0953. The molecule has 2 N–H and O–H groups in total. The van der Waals surface area contributed by atoms with E-state index < -0.39 is 0 Å². The van der Waals surface area contributed by atoms with Crippen LogP contribution in [-0.4, -0.2) is 22.9 Å². The smallest absolute Gasteiger partial charge is 0.251 e. The molecule has 0 atom stereocenters. The number of amides is 1. The third-order valence-corrected chi connectivity index (χ3v) is 3.53. The average Bonchev–Trinajstić information content (AvgIpc) is 2.28. The van der Waals surface area contributed by atoms with E-state index in [-0.39, 0.29) is 11.7 Å². The summed E-state index contributed by atoms with van der Waals surface area (Å²) >= 11 is 5.35. The van der Waals surface area contributed by atoms with Gasteiger partial charge in [0.15, 0.2) is 0 Å². The molecule has 1 aromatic carbocycles. The van der Waals surface area contributed by atoms with Gasteiger partial charge in [0.05, 0.1) is 3.57 Å². The zero-order valence-electron chi connectivity index (χ0n) is 8.67. The van der Waals surface area contributed by atoms with E-state index in [1.165, 1.54) is 6.07 Å². The first-order chi connectivity index (χ1) is 7.65. The number of carbonyl (C=O) groups is 1. The average molecular weight is 398 g/mol. The lowest BCUT2D eigenvalue weighted by Gasteiger charge is -2.05. The summed E-state index contributed by atoms with van der Waals surface area (Å²) in [6, 6.07) is 4.92. The largest absolute Gasteiger partial charge is 0.507 e. The molecular weight excluding hydrogens is 385 g/mol. The lowest BCUT2D eigenvalue weighted by Crippen LogP contribution is -2.24. The molecule has 1 aromatic rings. The molecule has 0 spiro atoms. The first-order valence-electron chi connectivity index (χ1n) is 4.98. The van der Waals surface area contributed by atoms with Crippen molar-refractivity contribution in [2.45, 2.75) is 12.8 Å². The van der Waals surface area contributed by atoms with Gasteiger partial charge in [0, 0.05) is 17.4 Å². The number of nitrogens with one attached hydrogen (secondary N) is 1. The molecule has 0 fully saturated rings. The van der Waals surface area contributed by atoms with E-state index in [2.05, 4.69) is 21.2 Å². The van der Waals surface area contributed by atoms with Gasteiger partial charge in [-0.1, -0.05) is 15.9 Å². The first kappa shape index (κ1) is 13.8. The quantitative estimate of drug-likeness (QED) is 0.456. The number of phenols is 1. The molecule has 0 aliphatic carbocycles. The van der Waals surface area contributed by atoms with Crippen LogP contribution in [0.1, 0.15) is 23.2 Å². The van der Waals surface area contributed by atoms with E-state index in [9.17, 15) is 9.90 Å². The van der Waals surface area contributed by atoms with Gasteiger partial charge in [-0.3, -0.25) is 4.79 Å². The molecule has 0 radical (unpaired) electrons. The second-order valence-electron chi connectivity index (χ2n) is 3.32. The molecular formula is C11H13BrINO2. The van der Waals surface area contributed by atoms with Crippen molar-refractivity contribution in [3.8, 4) is 5.75 Å². The van der Waals surface area contributed by atoms with Crippen LogP contribution in [0.5, 0.6) is 5.75 Å². The van der Waals surface area contributed by atoms with Gasteiger partial charge in [0.2, 0.25) is 0 Å². The van der Waals surface area contributed by atoms with E-state index in [4.69, 9.17) is 0 Å². The lowest BCUT2D eigenvalue weighted by atomic mass is 10.2. The number of carbonyl (C=O) groups excluding carboxylic acids is 1. The molecule has 1 rings (SSSR count). The van der Waals surface area contributed by atoms with Crippen molar-refractivity contribution in [2.24, 2.45) is 0 Å². The summed E-state index contributed by atoms with van der Waals surface area (Å²) in [5.41, 5.74) is 0.497. The van der Waals surface area contributed by atoms with E-state index in [1.807, 2.05) is 22.6 Å². The summed E-state index contributed by atoms with van der Waals surface area (Å²) in [6.45, 7) is 0.664. The Morgan fingerprint density at radius 2 is 2.19 bits per heavy atom. The maximum absolute atomic E-state index is 11.6. The molecule has 0 saturated heterocycles. The van der Waals surface area contributed by atoms with Crippen molar-refractivity contribution >= 4 is 44.4 Å². The Morgan fingerprint density at radius 1 is 1.44 bits per heavy atom. The standard InChI is InChI=1S/C11H13BrINO2/c12-5-1-2-6-14-11(16)8-3-4-9(13)10(15)7-8/h3-4,7,15H,1-2,5-6H2,(H,14,16). The van der Waals surface area contributed by atoms with Crippen molar-refractivity contribution in [3.05, 3.63) is 27.3 Å². The fraction of sp³-hybridized carbons (Fsp3) is 0.364. The van der Waals surface area contributed by atoms with Crippen LogP contribution in [-0.2, 0) is 0 Å². The second kappa shape index (κ2) is 7.11. The van der Waals surface area contributed by atoms with E-state index >= 15 is 0 Å². The van der Waals surface area contributed by atoms with Crippen LogP contribution < -0.4 is 5.32 Å². The molecule has 0 aliphatic heterocycles. The molecule has 1 amide bonds. The van der Waals surface area contributed by atoms with Crippen LogP contribution in [0.3, 0.4) is 0 Å². The molecule has 0 aromatic heterocycles. The zero-order chi connectivity index (χ0) is 12.0. The highest BCUT2D eigenvalue weighted by Gasteiger charge is 2.07. The van der Waals surface area contributed by atoms with Gasteiger partial charge < -0.3 is 10.4 Å². The highest BCUT2D eigenvalue weighted by Crippen LogP contribution is 2.20. The highest BCUT2D eigenvalue weighted by atomic mass is 127. The van der Waals surface area contributed by atoms with Crippen molar-refractivity contribution in [1.82, 2.24) is 5.32 Å². The third-order valence-electron chi connectivity index (χ3n) is 2.05. The molecule has 0 saturated carbocycles. The molecule has 0 bridgehead atoms. The molecule has 88 valence electrons. The first-order valence-corrected chi connectivity index (χ1v) is 7.18. The van der Waals surface area contributed by atoms with Crippen LogP contribution in [0.4, 0.5) is 0 Å². The Kier molecular flexibility index (Phi) is 6.12. The van der Waals surface area contributed by atoms with Gasteiger partial charge in [-0.25, -0.2) is 0 Å². The van der Waals surface area contributed by atoms with Crippen molar-refractivity contribution in [1.29, 1.82) is 0 Å². The topological polar surface area (TPSA) is 49.3 Å². The van der Waals surface area contributed by atoms with Gasteiger partial charge in [-0.2, -0.15) is 0 Å². The maximum atomic E-state index is 11.6. The van der Waals surface area contributed by atoms with E-state index in [1.54, 1.807) is 12.1 Å². The Bertz CT molecular complexity index is 371. The van der Waals surface area contributed by atoms with Crippen molar-refractivity contribution in [2.75, 3.05) is 11.9 Å². The Balaban J connectivity index is 2.50. The SMILES string of the molecule is O=C(NCCCCBr)c1ccc(I)c(O)c1. The molecule has 0 aliphatic rings. The van der Waals surface area contributed by atoms with Gasteiger partial charge in [0.1, 0.15) is 5.75 Å². The van der Waals surface area contributed by atoms with Gasteiger partial charge in [-0.05, 0) is 53.6 Å². The third kappa shape index (κ3) is 4.29. The Morgan fingerprint density at radius 3 is 2.81 bits per heavy atom. The molecule has 5 heteroatoms. The van der Waals surface area contributed by atoms with Crippen molar-refractivity contribution in [3.63, 3.8) is 0 Å². The summed E-state index contributed by atoms with van der Waals surface area (Å²) < 4.78 is 0.744. The second-order valence-corrected chi connectivity index (χ2v) is 5.27. The molecule has 0 unspecified atom stereocenters. The van der Waals surface area contributed by atoms with Crippen LogP contribution in [0.2, 0.25) is 0 Å². The summed E-state index contributed by atoms with van der Waals surface area (Å²) in [5, 5.41) is 13.2. The van der Waals surface area contributed by atoms with Crippen LogP contribution >= 0.6 is 38.5 Å². The minimum atomic E-state index is -0.138. The Labute approximate surface area is 117 Å². The molecule has 3 nitrogen and oxygen atoms in total. The fourth-order valence-corrected chi connectivity index (χ4v) is 1.91. The summed E-state index contributed by atoms with van der Waals surface area (Å²) in [5.74, 6) is 0.00924. The Hall–Kier alpha value is -0.300. The predicted molar refractivity (Wildman–Crippen MR) is 76.2 cm³/mol. The van der Waals surface area contributed by atoms with Gasteiger partial charge in [-0.15, -0.1) is 0 Å². The van der Waals surface area contributed by atoms with Crippen LogP contribution in [0.25, 0.3) is 0 Å².